The molecule has 0 saturated heterocycles. The van der Waals surface area contributed by atoms with E-state index in [1.54, 1.807) is 0 Å². The van der Waals surface area contributed by atoms with Crippen LogP contribution in [0.15, 0.2) is 29.3 Å². The topological polar surface area (TPSA) is 71.0 Å². The van der Waals surface area contributed by atoms with Crippen molar-refractivity contribution >= 4 is 15.8 Å². The standard InChI is InChI=1S/C17H29N3O3S/c1-5-18-17(19-10-11-23-12-13-24(4,21)22)20(3)14-16-8-6-15(2)7-9-16/h6-9H,5,10-14H2,1-4H3,(H,18,19). The molecule has 0 radical (unpaired) electrons. The fourth-order valence-corrected chi connectivity index (χ4v) is 2.46. The summed E-state index contributed by atoms with van der Waals surface area (Å²) < 4.78 is 27.4. The monoisotopic (exact) mass is 355 g/mol. The number of sulfone groups is 1. The number of hydrogen-bond donors (Lipinski definition) is 1. The minimum absolute atomic E-state index is 0.0457. The lowest BCUT2D eigenvalue weighted by Gasteiger charge is -2.22. The Bertz CT molecular complexity index is 612. The van der Waals surface area contributed by atoms with Crippen LogP contribution in [0, 0.1) is 6.92 Å². The summed E-state index contributed by atoms with van der Waals surface area (Å²) >= 11 is 0. The lowest BCUT2D eigenvalue weighted by atomic mass is 10.1. The van der Waals surface area contributed by atoms with Crippen molar-refractivity contribution in [2.24, 2.45) is 4.99 Å². The third-order valence-electron chi connectivity index (χ3n) is 3.33. The predicted molar refractivity (Wildman–Crippen MR) is 99.2 cm³/mol. The van der Waals surface area contributed by atoms with E-state index in [0.29, 0.717) is 13.2 Å². The van der Waals surface area contributed by atoms with E-state index in [1.807, 2.05) is 14.0 Å². The molecule has 1 aromatic rings. The summed E-state index contributed by atoms with van der Waals surface area (Å²) in [5, 5.41) is 3.25. The van der Waals surface area contributed by atoms with E-state index >= 15 is 0 Å². The first kappa shape index (κ1) is 20.4. The van der Waals surface area contributed by atoms with Crippen molar-refractivity contribution in [3.8, 4) is 0 Å². The van der Waals surface area contributed by atoms with E-state index in [-0.39, 0.29) is 12.4 Å². The molecular formula is C17H29N3O3S. The molecule has 0 unspecified atom stereocenters. The molecule has 0 fully saturated rings. The Balaban J connectivity index is 2.47. The maximum Gasteiger partial charge on any atom is 0.194 e. The van der Waals surface area contributed by atoms with Crippen molar-refractivity contribution < 1.29 is 13.2 Å². The highest BCUT2D eigenvalue weighted by Crippen LogP contribution is 2.06. The Morgan fingerprint density at radius 1 is 1.25 bits per heavy atom. The van der Waals surface area contributed by atoms with Gasteiger partial charge in [0, 0.05) is 26.4 Å². The van der Waals surface area contributed by atoms with E-state index in [1.165, 1.54) is 17.4 Å². The molecule has 0 heterocycles. The maximum atomic E-state index is 11.0. The molecule has 0 aliphatic heterocycles. The molecule has 0 spiro atoms. The number of ether oxygens (including phenoxy) is 1. The second-order valence-electron chi connectivity index (χ2n) is 5.82. The van der Waals surface area contributed by atoms with Gasteiger partial charge in [-0.1, -0.05) is 29.8 Å². The molecule has 6 nitrogen and oxygen atoms in total. The molecule has 0 amide bonds. The number of aryl methyl sites for hydroxylation is 1. The Morgan fingerprint density at radius 3 is 2.50 bits per heavy atom. The molecule has 0 bridgehead atoms. The third kappa shape index (κ3) is 8.88. The van der Waals surface area contributed by atoms with Crippen molar-refractivity contribution in [1.29, 1.82) is 0 Å². The molecule has 1 rings (SSSR count). The minimum Gasteiger partial charge on any atom is -0.378 e. The van der Waals surface area contributed by atoms with E-state index in [9.17, 15) is 8.42 Å². The fourth-order valence-electron chi connectivity index (χ4n) is 2.04. The van der Waals surface area contributed by atoms with Gasteiger partial charge >= 0.3 is 0 Å². The third-order valence-corrected chi connectivity index (χ3v) is 4.24. The molecule has 0 aliphatic rings. The van der Waals surface area contributed by atoms with Crippen LogP contribution in [0.2, 0.25) is 0 Å². The highest BCUT2D eigenvalue weighted by atomic mass is 32.2. The van der Waals surface area contributed by atoms with Gasteiger partial charge in [-0.2, -0.15) is 0 Å². The van der Waals surface area contributed by atoms with Gasteiger partial charge in [-0.25, -0.2) is 8.42 Å². The van der Waals surface area contributed by atoms with Crippen LogP contribution in [0.3, 0.4) is 0 Å². The highest BCUT2D eigenvalue weighted by molar-refractivity contribution is 7.90. The van der Waals surface area contributed by atoms with Crippen LogP contribution in [-0.2, 0) is 21.1 Å². The smallest absolute Gasteiger partial charge is 0.194 e. The zero-order chi connectivity index (χ0) is 18.0. The summed E-state index contributed by atoms with van der Waals surface area (Å²) in [6.07, 6.45) is 1.21. The molecule has 7 heteroatoms. The van der Waals surface area contributed by atoms with Crippen molar-refractivity contribution in [3.63, 3.8) is 0 Å². The van der Waals surface area contributed by atoms with Crippen molar-refractivity contribution in [3.05, 3.63) is 35.4 Å². The summed E-state index contributed by atoms with van der Waals surface area (Å²) in [5.41, 5.74) is 2.46. The summed E-state index contributed by atoms with van der Waals surface area (Å²) in [7, 11) is -0.977. The molecule has 0 atom stereocenters. The van der Waals surface area contributed by atoms with Gasteiger partial charge in [-0.15, -0.1) is 0 Å². The van der Waals surface area contributed by atoms with Crippen molar-refractivity contribution in [1.82, 2.24) is 10.2 Å². The number of nitrogens with one attached hydrogen (secondary N) is 1. The highest BCUT2D eigenvalue weighted by Gasteiger charge is 2.06. The SMILES string of the molecule is CCNC(=NCCOCCS(C)(=O)=O)N(C)Cc1ccc(C)cc1. The average Bonchev–Trinajstić information content (AvgIpc) is 2.50. The quantitative estimate of drug-likeness (QED) is 0.412. The van der Waals surface area contributed by atoms with Gasteiger partial charge < -0.3 is 15.0 Å². The number of hydrogen-bond acceptors (Lipinski definition) is 4. The van der Waals surface area contributed by atoms with Crippen molar-refractivity contribution in [2.45, 2.75) is 20.4 Å². The van der Waals surface area contributed by atoms with E-state index in [2.05, 4.69) is 46.4 Å². The number of rotatable bonds is 9. The van der Waals surface area contributed by atoms with Gasteiger partial charge in [0.05, 0.1) is 25.5 Å². The van der Waals surface area contributed by atoms with Gasteiger partial charge in [0.15, 0.2) is 5.96 Å². The van der Waals surface area contributed by atoms with Gasteiger partial charge in [0.2, 0.25) is 0 Å². The van der Waals surface area contributed by atoms with Crippen LogP contribution in [-0.4, -0.2) is 64.6 Å². The number of nitrogens with zero attached hydrogens (tertiary/aromatic N) is 2. The maximum absolute atomic E-state index is 11.0. The van der Waals surface area contributed by atoms with E-state index in [0.717, 1.165) is 19.0 Å². The molecule has 136 valence electrons. The summed E-state index contributed by atoms with van der Waals surface area (Å²) in [6.45, 7) is 6.75. The average molecular weight is 356 g/mol. The van der Waals surface area contributed by atoms with Gasteiger partial charge in [-0.3, -0.25) is 4.99 Å². The normalized spacial score (nSPS) is 12.2. The second-order valence-corrected chi connectivity index (χ2v) is 8.08. The Morgan fingerprint density at radius 2 is 1.92 bits per heavy atom. The molecular weight excluding hydrogens is 326 g/mol. The van der Waals surface area contributed by atoms with Gasteiger partial charge in [0.25, 0.3) is 0 Å². The first-order valence-electron chi connectivity index (χ1n) is 8.12. The van der Waals surface area contributed by atoms with Crippen LogP contribution in [0.5, 0.6) is 0 Å². The summed E-state index contributed by atoms with van der Waals surface area (Å²) in [4.78, 5) is 6.58. The number of aliphatic imine (C=N–C) groups is 1. The fraction of sp³-hybridized carbons (Fsp3) is 0.588. The van der Waals surface area contributed by atoms with Crippen LogP contribution >= 0.6 is 0 Å². The first-order chi connectivity index (χ1) is 11.3. The molecule has 1 aromatic carbocycles. The van der Waals surface area contributed by atoms with Crippen LogP contribution in [0.1, 0.15) is 18.1 Å². The van der Waals surface area contributed by atoms with Crippen LogP contribution in [0.4, 0.5) is 0 Å². The Kier molecular flexibility index (Phi) is 8.78. The molecule has 0 saturated carbocycles. The number of guanidine groups is 1. The van der Waals surface area contributed by atoms with E-state index < -0.39 is 9.84 Å². The molecule has 0 aromatic heterocycles. The van der Waals surface area contributed by atoms with E-state index in [4.69, 9.17) is 4.74 Å². The zero-order valence-electron chi connectivity index (χ0n) is 15.1. The predicted octanol–water partition coefficient (Wildman–Crippen LogP) is 1.45. The lowest BCUT2D eigenvalue weighted by molar-refractivity contribution is 0.157. The van der Waals surface area contributed by atoms with Gasteiger partial charge in [0.1, 0.15) is 9.84 Å². The molecule has 24 heavy (non-hydrogen) atoms. The van der Waals surface area contributed by atoms with Crippen LogP contribution in [0.25, 0.3) is 0 Å². The van der Waals surface area contributed by atoms with Crippen molar-refractivity contribution in [2.75, 3.05) is 45.4 Å². The number of benzene rings is 1. The zero-order valence-corrected chi connectivity index (χ0v) is 15.9. The Hall–Kier alpha value is -1.60. The lowest BCUT2D eigenvalue weighted by Crippen LogP contribution is -2.38. The second kappa shape index (κ2) is 10.3. The summed E-state index contributed by atoms with van der Waals surface area (Å²) in [5.74, 6) is 0.856. The van der Waals surface area contributed by atoms with Crippen LogP contribution < -0.4 is 5.32 Å². The summed E-state index contributed by atoms with van der Waals surface area (Å²) in [6, 6.07) is 8.43. The first-order valence-corrected chi connectivity index (χ1v) is 10.2. The largest absolute Gasteiger partial charge is 0.378 e. The minimum atomic E-state index is -2.97. The van der Waals surface area contributed by atoms with Gasteiger partial charge in [-0.05, 0) is 19.4 Å². The molecule has 1 N–H and O–H groups in total. The molecule has 0 aliphatic carbocycles. The Labute approximate surface area is 145 Å².